The van der Waals surface area contributed by atoms with E-state index in [0.29, 0.717) is 11.1 Å². The van der Waals surface area contributed by atoms with Crippen molar-refractivity contribution in [1.29, 1.82) is 0 Å². The van der Waals surface area contributed by atoms with Crippen molar-refractivity contribution in [1.82, 2.24) is 0 Å². The molecule has 0 aromatic heterocycles. The molecule has 2 aromatic carbocycles. The number of ether oxygens (including phenoxy) is 7. The molecule has 51 heavy (non-hydrogen) atoms. The van der Waals surface area contributed by atoms with E-state index < -0.39 is 98.7 Å². The topological polar surface area (TPSA) is 284 Å². The van der Waals surface area contributed by atoms with E-state index in [1.165, 1.54) is 42.5 Å². The summed E-state index contributed by atoms with van der Waals surface area (Å²) in [6.07, 6.45) is -10.3. The van der Waals surface area contributed by atoms with E-state index in [2.05, 4.69) is 0 Å². The third-order valence-electron chi connectivity index (χ3n) is 8.79. The van der Waals surface area contributed by atoms with Crippen molar-refractivity contribution in [2.45, 2.75) is 73.4 Å². The number of benzene rings is 2. The number of aromatic hydroxyl groups is 4. The third kappa shape index (κ3) is 8.88. The minimum Gasteiger partial charge on any atom is -0.504 e. The van der Waals surface area contributed by atoms with Gasteiger partial charge in [-0.25, -0.2) is 4.79 Å². The van der Waals surface area contributed by atoms with E-state index in [1.807, 2.05) is 0 Å². The Kier molecular flexibility index (Phi) is 12.4. The molecule has 0 saturated carbocycles. The second-order valence-electron chi connectivity index (χ2n) is 12.5. The Bertz CT molecular complexity index is 1520. The van der Waals surface area contributed by atoms with Gasteiger partial charge in [0.25, 0.3) is 0 Å². The number of rotatable bonds is 14. The van der Waals surface area contributed by atoms with Crippen LogP contribution in [0, 0.1) is 0 Å². The summed E-state index contributed by atoms with van der Waals surface area (Å²) in [7, 11) is 0. The molecule has 0 amide bonds. The Hall–Kier alpha value is -3.63. The van der Waals surface area contributed by atoms with Crippen LogP contribution < -0.4 is 0 Å². The number of phenolic OH excluding ortho intramolecular Hbond substituents is 4. The summed E-state index contributed by atoms with van der Waals surface area (Å²) in [5.74, 6) is -2.52. The first-order valence-corrected chi connectivity index (χ1v) is 16.0. The van der Waals surface area contributed by atoms with Crippen molar-refractivity contribution in [3.8, 4) is 23.0 Å². The van der Waals surface area contributed by atoms with Crippen LogP contribution in [-0.4, -0.2) is 157 Å². The minimum atomic E-state index is -2.12. The predicted octanol–water partition coefficient (Wildman–Crippen LogP) is -1.91. The largest absolute Gasteiger partial charge is 0.504 e. The maximum absolute atomic E-state index is 13.2. The van der Waals surface area contributed by atoms with Crippen LogP contribution >= 0.6 is 0 Å². The van der Waals surface area contributed by atoms with Gasteiger partial charge in [-0.1, -0.05) is 12.1 Å². The zero-order valence-corrected chi connectivity index (χ0v) is 27.1. The van der Waals surface area contributed by atoms with Crippen LogP contribution in [0.3, 0.4) is 0 Å². The number of carbonyl (C=O) groups excluding carboxylic acids is 1. The molecule has 0 aliphatic carbocycles. The van der Waals surface area contributed by atoms with Crippen molar-refractivity contribution >= 4 is 12.0 Å². The van der Waals surface area contributed by atoms with Crippen LogP contribution in [-0.2, 0) is 44.4 Å². The first kappa shape index (κ1) is 38.6. The average molecular weight is 727 g/mol. The molecule has 0 radical (unpaired) electrons. The quantitative estimate of drug-likeness (QED) is 0.0577. The second-order valence-corrected chi connectivity index (χ2v) is 12.5. The number of aliphatic hydroxyl groups is 6. The fourth-order valence-corrected chi connectivity index (χ4v) is 5.68. The molecule has 18 nitrogen and oxygen atoms in total. The molecule has 10 N–H and O–H groups in total. The zero-order chi connectivity index (χ0) is 36.9. The Morgan fingerprint density at radius 2 is 1.57 bits per heavy atom. The fraction of sp³-hybridized carbons (Fsp3) is 0.545. The fourth-order valence-electron chi connectivity index (χ4n) is 5.68. The summed E-state index contributed by atoms with van der Waals surface area (Å²) < 4.78 is 40.0. The molecule has 3 fully saturated rings. The number of esters is 1. The summed E-state index contributed by atoms with van der Waals surface area (Å²) in [5, 5.41) is 102. The Morgan fingerprint density at radius 3 is 2.24 bits per heavy atom. The van der Waals surface area contributed by atoms with Crippen molar-refractivity contribution in [2.24, 2.45) is 0 Å². The van der Waals surface area contributed by atoms with Gasteiger partial charge in [0.15, 0.2) is 48.0 Å². The van der Waals surface area contributed by atoms with Gasteiger partial charge in [0, 0.05) is 12.5 Å². The van der Waals surface area contributed by atoms with Gasteiger partial charge in [0.05, 0.1) is 39.6 Å². The Balaban J connectivity index is 1.40. The molecule has 18 heteroatoms. The lowest BCUT2D eigenvalue weighted by atomic mass is 9.97. The lowest BCUT2D eigenvalue weighted by molar-refractivity contribution is -0.336. The Morgan fingerprint density at radius 1 is 0.863 bits per heavy atom. The highest BCUT2D eigenvalue weighted by molar-refractivity contribution is 5.87. The molecule has 0 bridgehead atoms. The van der Waals surface area contributed by atoms with Crippen LogP contribution in [0.15, 0.2) is 42.5 Å². The molecule has 2 aromatic rings. The van der Waals surface area contributed by atoms with Gasteiger partial charge in [0.2, 0.25) is 0 Å². The smallest absolute Gasteiger partial charge is 0.331 e. The second kappa shape index (κ2) is 16.4. The molecule has 3 saturated heterocycles. The van der Waals surface area contributed by atoms with Crippen LogP contribution in [0.5, 0.6) is 23.0 Å². The molecule has 10 unspecified atom stereocenters. The third-order valence-corrected chi connectivity index (χ3v) is 8.79. The normalized spacial score (nSPS) is 33.9. The van der Waals surface area contributed by atoms with Gasteiger partial charge < -0.3 is 84.2 Å². The summed E-state index contributed by atoms with van der Waals surface area (Å²) >= 11 is 0. The van der Waals surface area contributed by atoms with Gasteiger partial charge in [-0.05, 0) is 47.9 Å². The summed E-state index contributed by atoms with van der Waals surface area (Å²) in [6, 6.07) is 7.92. The summed E-state index contributed by atoms with van der Waals surface area (Å²) in [5.41, 5.74) is -3.03. The van der Waals surface area contributed by atoms with E-state index in [1.54, 1.807) is 0 Å². The number of carbonyl (C=O) groups is 1. The number of phenols is 4. The van der Waals surface area contributed by atoms with Crippen molar-refractivity contribution in [3.63, 3.8) is 0 Å². The molecule has 282 valence electrons. The summed E-state index contributed by atoms with van der Waals surface area (Å²) in [4.78, 5) is 13.2. The maximum Gasteiger partial charge on any atom is 0.331 e. The standard InChI is InChI=1S/C33H42O18/c34-14-32(43)8-10-46-31(32)47-13-23-26(50-24(40)6-3-17-1-4-19(36)21(38)11-17)27(51-30-28(42)33(44,15-35)16-48-30)25(41)29(49-23)45-9-7-18-2-5-20(37)22(39)12-18/h1-6,11-12,23,25-31,34-39,41-44H,7-10,13-16H2. The molecule has 3 aliphatic heterocycles. The average Bonchev–Trinajstić information content (AvgIpc) is 3.63. The van der Waals surface area contributed by atoms with Crippen LogP contribution in [0.4, 0.5) is 0 Å². The maximum atomic E-state index is 13.2. The molecule has 0 spiro atoms. The van der Waals surface area contributed by atoms with E-state index in [4.69, 9.17) is 33.2 Å². The van der Waals surface area contributed by atoms with Crippen molar-refractivity contribution in [3.05, 3.63) is 53.6 Å². The lowest BCUT2D eigenvalue weighted by Gasteiger charge is -2.44. The highest BCUT2D eigenvalue weighted by Crippen LogP contribution is 2.34. The zero-order valence-electron chi connectivity index (χ0n) is 27.1. The lowest BCUT2D eigenvalue weighted by Crippen LogP contribution is -2.63. The van der Waals surface area contributed by atoms with Crippen LogP contribution in [0.25, 0.3) is 6.08 Å². The van der Waals surface area contributed by atoms with Gasteiger partial charge in [-0.3, -0.25) is 0 Å². The Labute approximate surface area is 290 Å². The molecule has 5 rings (SSSR count). The van der Waals surface area contributed by atoms with Gasteiger partial charge in [-0.2, -0.15) is 0 Å². The summed E-state index contributed by atoms with van der Waals surface area (Å²) in [6.45, 7) is -2.73. The monoisotopic (exact) mass is 726 g/mol. The highest BCUT2D eigenvalue weighted by atomic mass is 16.8. The molecular weight excluding hydrogens is 684 g/mol. The van der Waals surface area contributed by atoms with Crippen molar-refractivity contribution < 1.29 is 89.0 Å². The van der Waals surface area contributed by atoms with Crippen molar-refractivity contribution in [2.75, 3.05) is 39.6 Å². The van der Waals surface area contributed by atoms with E-state index >= 15 is 0 Å². The molecule has 3 heterocycles. The first-order chi connectivity index (χ1) is 24.3. The van der Waals surface area contributed by atoms with Crippen LogP contribution in [0.2, 0.25) is 0 Å². The molecular formula is C33H42O18. The predicted molar refractivity (Wildman–Crippen MR) is 168 cm³/mol. The highest BCUT2D eigenvalue weighted by Gasteiger charge is 2.55. The number of hydrogen-bond acceptors (Lipinski definition) is 18. The van der Waals surface area contributed by atoms with Gasteiger partial charge in [-0.15, -0.1) is 0 Å². The molecule has 3 aliphatic rings. The number of hydrogen-bond donors (Lipinski definition) is 10. The van der Waals surface area contributed by atoms with E-state index in [-0.39, 0.29) is 43.3 Å². The van der Waals surface area contributed by atoms with Gasteiger partial charge in [0.1, 0.15) is 35.6 Å². The van der Waals surface area contributed by atoms with E-state index in [0.717, 1.165) is 6.08 Å². The minimum absolute atomic E-state index is 0.0450. The first-order valence-electron chi connectivity index (χ1n) is 16.0. The van der Waals surface area contributed by atoms with Crippen LogP contribution in [0.1, 0.15) is 17.5 Å². The molecule has 10 atom stereocenters. The SMILES string of the molecule is O=C(C=Cc1ccc(O)c(O)c1)OC1C(COC2OCCC2(O)CO)OC(OCCc2ccc(O)c(O)c2)C(O)C1OC1OCC(O)(CO)C1O. The van der Waals surface area contributed by atoms with E-state index in [9.17, 15) is 55.9 Å². The van der Waals surface area contributed by atoms with Gasteiger partial charge >= 0.3 is 5.97 Å². The number of aliphatic hydroxyl groups excluding tert-OH is 4.